The molecule has 0 spiro atoms. The maximum absolute atomic E-state index is 13.7. The van der Waals surface area contributed by atoms with Crippen LogP contribution in [0.4, 0.5) is 4.39 Å². The summed E-state index contributed by atoms with van der Waals surface area (Å²) in [7, 11) is 0. The Bertz CT molecular complexity index is 318. The summed E-state index contributed by atoms with van der Waals surface area (Å²) in [5.74, 6) is 0.295. The largest absolute Gasteiger partial charge is 0.207 e. The maximum Gasteiger partial charge on any atom is 0.127 e. The van der Waals surface area contributed by atoms with E-state index in [1.54, 1.807) is 12.1 Å². The first-order valence-corrected chi connectivity index (χ1v) is 5.13. The van der Waals surface area contributed by atoms with Crippen molar-refractivity contribution in [1.82, 2.24) is 0 Å². The van der Waals surface area contributed by atoms with Crippen molar-refractivity contribution in [3.05, 3.63) is 35.1 Å². The molecule has 0 aromatic heterocycles. The van der Waals surface area contributed by atoms with Gasteiger partial charge in [-0.25, -0.2) is 4.39 Å². The SMILES string of the molecule is CC(C)c1cccc(F)c1C(C)(C)C. The molecule has 78 valence electrons. The minimum absolute atomic E-state index is 0.0799. The second-order valence-corrected chi connectivity index (χ2v) is 5.11. The van der Waals surface area contributed by atoms with E-state index in [0.29, 0.717) is 5.92 Å². The average molecular weight is 194 g/mol. The Morgan fingerprint density at radius 1 is 1.14 bits per heavy atom. The number of hydrogen-bond acceptors (Lipinski definition) is 0. The van der Waals surface area contributed by atoms with E-state index in [-0.39, 0.29) is 11.2 Å². The molecule has 1 aromatic rings. The molecule has 0 N–H and O–H groups in total. The molecular formula is C13H19F. The summed E-state index contributed by atoms with van der Waals surface area (Å²) in [6, 6.07) is 5.36. The smallest absolute Gasteiger partial charge is 0.127 e. The molecule has 0 aliphatic rings. The number of hydrogen-bond donors (Lipinski definition) is 0. The van der Waals surface area contributed by atoms with Crippen LogP contribution in [0.1, 0.15) is 51.7 Å². The van der Waals surface area contributed by atoms with E-state index in [4.69, 9.17) is 0 Å². The van der Waals surface area contributed by atoms with Crippen LogP contribution in [0.15, 0.2) is 18.2 Å². The van der Waals surface area contributed by atoms with Gasteiger partial charge in [0.2, 0.25) is 0 Å². The molecule has 0 saturated heterocycles. The van der Waals surface area contributed by atoms with Crippen LogP contribution in [0.3, 0.4) is 0 Å². The highest BCUT2D eigenvalue weighted by atomic mass is 19.1. The zero-order chi connectivity index (χ0) is 10.9. The predicted octanol–water partition coefficient (Wildman–Crippen LogP) is 4.25. The minimum Gasteiger partial charge on any atom is -0.207 e. The zero-order valence-electron chi connectivity index (χ0n) is 9.69. The Balaban J connectivity index is 3.38. The van der Waals surface area contributed by atoms with E-state index >= 15 is 0 Å². The van der Waals surface area contributed by atoms with Crippen LogP contribution in [-0.2, 0) is 5.41 Å². The van der Waals surface area contributed by atoms with Crippen molar-refractivity contribution >= 4 is 0 Å². The summed E-state index contributed by atoms with van der Waals surface area (Å²) in [6.45, 7) is 10.4. The molecule has 1 rings (SSSR count). The predicted molar refractivity (Wildman–Crippen MR) is 59.2 cm³/mol. The van der Waals surface area contributed by atoms with Crippen LogP contribution >= 0.6 is 0 Å². The molecule has 0 nitrogen and oxygen atoms in total. The van der Waals surface area contributed by atoms with Gasteiger partial charge in [-0.2, -0.15) is 0 Å². The van der Waals surface area contributed by atoms with Gasteiger partial charge in [-0.15, -0.1) is 0 Å². The first kappa shape index (κ1) is 11.2. The fraction of sp³-hybridized carbons (Fsp3) is 0.538. The molecule has 0 aliphatic heterocycles. The summed E-state index contributed by atoms with van der Waals surface area (Å²) in [6.07, 6.45) is 0. The molecule has 0 amide bonds. The van der Waals surface area contributed by atoms with Gasteiger partial charge in [0.1, 0.15) is 5.82 Å². The van der Waals surface area contributed by atoms with Crippen molar-refractivity contribution in [2.45, 2.75) is 46.0 Å². The highest BCUT2D eigenvalue weighted by molar-refractivity contribution is 5.36. The van der Waals surface area contributed by atoms with E-state index in [2.05, 4.69) is 34.6 Å². The van der Waals surface area contributed by atoms with E-state index < -0.39 is 0 Å². The van der Waals surface area contributed by atoms with Crippen LogP contribution in [-0.4, -0.2) is 0 Å². The number of rotatable bonds is 1. The molecule has 0 bridgehead atoms. The third kappa shape index (κ3) is 2.14. The maximum atomic E-state index is 13.7. The Morgan fingerprint density at radius 3 is 2.07 bits per heavy atom. The molecular weight excluding hydrogens is 175 g/mol. The monoisotopic (exact) mass is 194 g/mol. The van der Waals surface area contributed by atoms with Crippen molar-refractivity contribution in [3.8, 4) is 0 Å². The summed E-state index contributed by atoms with van der Waals surface area (Å²) in [5, 5.41) is 0. The van der Waals surface area contributed by atoms with Gasteiger partial charge < -0.3 is 0 Å². The quantitative estimate of drug-likeness (QED) is 0.627. The van der Waals surface area contributed by atoms with Crippen LogP contribution < -0.4 is 0 Å². The highest BCUT2D eigenvalue weighted by Gasteiger charge is 2.22. The summed E-state index contributed by atoms with van der Waals surface area (Å²) >= 11 is 0. The van der Waals surface area contributed by atoms with Crippen molar-refractivity contribution in [1.29, 1.82) is 0 Å². The van der Waals surface area contributed by atoms with Gasteiger partial charge in [0.25, 0.3) is 0 Å². The molecule has 0 unspecified atom stereocenters. The lowest BCUT2D eigenvalue weighted by atomic mass is 9.80. The normalized spacial score (nSPS) is 12.2. The lowest BCUT2D eigenvalue weighted by molar-refractivity contribution is 0.512. The van der Waals surface area contributed by atoms with Gasteiger partial charge in [0.15, 0.2) is 0 Å². The summed E-state index contributed by atoms with van der Waals surface area (Å²) < 4.78 is 13.7. The first-order valence-electron chi connectivity index (χ1n) is 5.13. The van der Waals surface area contributed by atoms with Gasteiger partial charge in [-0.3, -0.25) is 0 Å². The molecule has 0 radical (unpaired) electrons. The third-order valence-corrected chi connectivity index (χ3v) is 2.42. The molecule has 1 aromatic carbocycles. The highest BCUT2D eigenvalue weighted by Crippen LogP contribution is 2.32. The van der Waals surface area contributed by atoms with E-state index in [1.165, 1.54) is 0 Å². The molecule has 0 aliphatic carbocycles. The average Bonchev–Trinajstić information content (AvgIpc) is 2.01. The molecule has 0 heterocycles. The minimum atomic E-state index is -0.120. The van der Waals surface area contributed by atoms with Crippen LogP contribution in [0.2, 0.25) is 0 Å². The molecule has 0 fully saturated rings. The molecule has 0 atom stereocenters. The number of benzene rings is 1. The van der Waals surface area contributed by atoms with Crippen molar-refractivity contribution in [3.63, 3.8) is 0 Å². The molecule has 0 saturated carbocycles. The van der Waals surface area contributed by atoms with Crippen LogP contribution in [0.25, 0.3) is 0 Å². The lowest BCUT2D eigenvalue weighted by Crippen LogP contribution is -2.17. The van der Waals surface area contributed by atoms with E-state index in [9.17, 15) is 4.39 Å². The fourth-order valence-corrected chi connectivity index (χ4v) is 1.81. The van der Waals surface area contributed by atoms with Crippen molar-refractivity contribution in [2.24, 2.45) is 0 Å². The van der Waals surface area contributed by atoms with Crippen molar-refractivity contribution in [2.75, 3.05) is 0 Å². The standard InChI is InChI=1S/C13H19F/c1-9(2)10-7-6-8-11(14)12(10)13(3,4)5/h6-9H,1-5H3. The fourth-order valence-electron chi connectivity index (χ4n) is 1.81. The van der Waals surface area contributed by atoms with Gasteiger partial charge >= 0.3 is 0 Å². The summed E-state index contributed by atoms with van der Waals surface area (Å²) in [5.41, 5.74) is 1.86. The van der Waals surface area contributed by atoms with E-state index in [1.807, 2.05) is 6.07 Å². The number of halogens is 1. The first-order chi connectivity index (χ1) is 6.34. The Morgan fingerprint density at radius 2 is 1.71 bits per heavy atom. The van der Waals surface area contributed by atoms with Gasteiger partial charge in [0.05, 0.1) is 0 Å². The Labute approximate surface area is 86.2 Å². The lowest BCUT2D eigenvalue weighted by Gasteiger charge is -2.25. The topological polar surface area (TPSA) is 0 Å². The summed E-state index contributed by atoms with van der Waals surface area (Å²) in [4.78, 5) is 0. The van der Waals surface area contributed by atoms with Crippen LogP contribution in [0.5, 0.6) is 0 Å². The van der Waals surface area contributed by atoms with E-state index in [0.717, 1.165) is 11.1 Å². The Hall–Kier alpha value is -0.850. The van der Waals surface area contributed by atoms with Gasteiger partial charge in [-0.05, 0) is 28.5 Å². The zero-order valence-corrected chi connectivity index (χ0v) is 9.69. The van der Waals surface area contributed by atoms with Crippen LogP contribution in [0, 0.1) is 5.82 Å². The molecule has 1 heteroatoms. The second kappa shape index (κ2) is 3.72. The Kier molecular flexibility index (Phi) is 2.98. The van der Waals surface area contributed by atoms with Gasteiger partial charge in [0, 0.05) is 0 Å². The second-order valence-electron chi connectivity index (χ2n) is 5.11. The van der Waals surface area contributed by atoms with Crippen molar-refractivity contribution < 1.29 is 4.39 Å². The van der Waals surface area contributed by atoms with Gasteiger partial charge in [-0.1, -0.05) is 46.8 Å². The third-order valence-electron chi connectivity index (χ3n) is 2.42. The molecule has 14 heavy (non-hydrogen) atoms.